The second-order valence-corrected chi connectivity index (χ2v) is 6.01. The zero-order chi connectivity index (χ0) is 16.7. The number of carbonyl (C=O) groups is 1. The average Bonchev–Trinajstić information content (AvgIpc) is 2.93. The Hall–Kier alpha value is -2.02. The zero-order valence-electron chi connectivity index (χ0n) is 13.6. The minimum absolute atomic E-state index is 0.109. The van der Waals surface area contributed by atoms with Crippen LogP contribution in [0.15, 0.2) is 35.5 Å². The number of hydrogen-bond acceptors (Lipinski definition) is 6. The molecule has 1 aromatic heterocycles. The van der Waals surface area contributed by atoms with Crippen molar-refractivity contribution < 1.29 is 14.3 Å². The van der Waals surface area contributed by atoms with Gasteiger partial charge in [0.05, 0.1) is 11.9 Å². The first kappa shape index (κ1) is 17.3. The molecule has 0 fully saturated rings. The molecule has 0 saturated heterocycles. The van der Waals surface area contributed by atoms with E-state index in [0.29, 0.717) is 18.3 Å². The molecular weight excluding hydrogens is 314 g/mol. The molecule has 124 valence electrons. The number of para-hydroxylation sites is 1. The fourth-order valence-corrected chi connectivity index (χ4v) is 2.74. The van der Waals surface area contributed by atoms with Crippen LogP contribution in [-0.2, 0) is 22.7 Å². The summed E-state index contributed by atoms with van der Waals surface area (Å²) in [7, 11) is 0. The highest BCUT2D eigenvalue weighted by Gasteiger charge is 2.14. The van der Waals surface area contributed by atoms with Gasteiger partial charge in [0.1, 0.15) is 12.4 Å². The van der Waals surface area contributed by atoms with Gasteiger partial charge in [-0.2, -0.15) is 0 Å². The number of aromatic nitrogens is 3. The van der Waals surface area contributed by atoms with Crippen LogP contribution < -0.4 is 4.74 Å². The maximum absolute atomic E-state index is 11.6. The summed E-state index contributed by atoms with van der Waals surface area (Å²) >= 11 is 1.32. The first-order chi connectivity index (χ1) is 11.1. The van der Waals surface area contributed by atoms with E-state index in [1.54, 1.807) is 0 Å². The fraction of sp³-hybridized carbons (Fsp3) is 0.438. The third kappa shape index (κ3) is 5.28. The lowest BCUT2D eigenvalue weighted by Gasteiger charge is -2.09. The monoisotopic (exact) mass is 335 g/mol. The Balaban J connectivity index is 1.95. The molecule has 0 unspecified atom stereocenters. The van der Waals surface area contributed by atoms with Gasteiger partial charge in [-0.15, -0.1) is 10.2 Å². The molecule has 6 nitrogen and oxygen atoms in total. The van der Waals surface area contributed by atoms with Crippen molar-refractivity contribution in [3.63, 3.8) is 0 Å². The summed E-state index contributed by atoms with van der Waals surface area (Å²) in [6.45, 7) is 6.71. The van der Waals surface area contributed by atoms with Gasteiger partial charge in [0.2, 0.25) is 0 Å². The molecule has 1 aromatic carbocycles. The molecule has 0 amide bonds. The maximum Gasteiger partial charge on any atom is 0.316 e. The van der Waals surface area contributed by atoms with E-state index in [1.165, 1.54) is 11.8 Å². The largest absolute Gasteiger partial charge is 0.486 e. The van der Waals surface area contributed by atoms with Crippen LogP contribution in [0.4, 0.5) is 0 Å². The van der Waals surface area contributed by atoms with Gasteiger partial charge in [0, 0.05) is 6.54 Å². The molecular formula is C16H21N3O3S. The van der Waals surface area contributed by atoms with E-state index < -0.39 is 0 Å². The number of ether oxygens (including phenoxy) is 2. The molecule has 0 aliphatic carbocycles. The number of carbonyl (C=O) groups excluding carboxylic acids is 1. The molecule has 0 atom stereocenters. The minimum Gasteiger partial charge on any atom is -0.486 e. The zero-order valence-corrected chi connectivity index (χ0v) is 14.4. The normalized spacial score (nSPS) is 10.8. The van der Waals surface area contributed by atoms with Crippen LogP contribution in [0.3, 0.4) is 0 Å². The molecule has 7 heteroatoms. The standard InChI is InChI=1S/C16H21N3O3S/c1-4-19-14(10-21-13-8-6-5-7-9-13)17-18-16(19)23-11-15(20)22-12(2)3/h5-9,12H,4,10-11H2,1-3H3. The van der Waals surface area contributed by atoms with Gasteiger partial charge < -0.3 is 14.0 Å². The number of hydrogen-bond donors (Lipinski definition) is 0. The van der Waals surface area contributed by atoms with Gasteiger partial charge in [-0.05, 0) is 32.9 Å². The molecule has 0 saturated carbocycles. The number of nitrogens with zero attached hydrogens (tertiary/aromatic N) is 3. The van der Waals surface area contributed by atoms with Crippen molar-refractivity contribution >= 4 is 17.7 Å². The van der Waals surface area contributed by atoms with Crippen LogP contribution in [0.1, 0.15) is 26.6 Å². The molecule has 0 N–H and O–H groups in total. The van der Waals surface area contributed by atoms with E-state index in [4.69, 9.17) is 9.47 Å². The molecule has 2 aromatic rings. The van der Waals surface area contributed by atoms with Gasteiger partial charge in [0.25, 0.3) is 0 Å². The summed E-state index contributed by atoms with van der Waals surface area (Å²) in [6, 6.07) is 9.56. The lowest BCUT2D eigenvalue weighted by Crippen LogP contribution is -2.14. The van der Waals surface area contributed by atoms with Crippen molar-refractivity contribution in [3.05, 3.63) is 36.2 Å². The molecule has 2 rings (SSSR count). The molecule has 0 aliphatic heterocycles. The summed E-state index contributed by atoms with van der Waals surface area (Å²) in [6.07, 6.45) is -0.109. The first-order valence-electron chi connectivity index (χ1n) is 7.52. The minimum atomic E-state index is -0.252. The van der Waals surface area contributed by atoms with Crippen LogP contribution in [0.2, 0.25) is 0 Å². The number of rotatable bonds is 8. The summed E-state index contributed by atoms with van der Waals surface area (Å²) in [4.78, 5) is 11.6. The quantitative estimate of drug-likeness (QED) is 0.546. The molecule has 0 spiro atoms. The topological polar surface area (TPSA) is 66.2 Å². The first-order valence-corrected chi connectivity index (χ1v) is 8.51. The van der Waals surface area contributed by atoms with Crippen molar-refractivity contribution in [1.29, 1.82) is 0 Å². The van der Waals surface area contributed by atoms with Crippen LogP contribution in [0, 0.1) is 0 Å². The van der Waals surface area contributed by atoms with Crippen LogP contribution >= 0.6 is 11.8 Å². The van der Waals surface area contributed by atoms with E-state index in [2.05, 4.69) is 10.2 Å². The third-order valence-electron chi connectivity index (χ3n) is 2.91. The van der Waals surface area contributed by atoms with Gasteiger partial charge in [0.15, 0.2) is 11.0 Å². The van der Waals surface area contributed by atoms with E-state index in [1.807, 2.05) is 55.7 Å². The Morgan fingerprint density at radius 3 is 2.65 bits per heavy atom. The Labute approximate surface area is 140 Å². The average molecular weight is 335 g/mol. The van der Waals surface area contributed by atoms with Gasteiger partial charge >= 0.3 is 5.97 Å². The highest BCUT2D eigenvalue weighted by atomic mass is 32.2. The second kappa shape index (κ2) is 8.57. The van der Waals surface area contributed by atoms with Crippen molar-refractivity contribution in [1.82, 2.24) is 14.8 Å². The molecule has 0 aliphatic rings. The van der Waals surface area contributed by atoms with E-state index in [-0.39, 0.29) is 17.8 Å². The summed E-state index contributed by atoms with van der Waals surface area (Å²) in [5.74, 6) is 1.48. The summed E-state index contributed by atoms with van der Waals surface area (Å²) in [5, 5.41) is 8.99. The second-order valence-electron chi connectivity index (χ2n) is 5.07. The van der Waals surface area contributed by atoms with Crippen LogP contribution in [-0.4, -0.2) is 32.6 Å². The van der Waals surface area contributed by atoms with Gasteiger partial charge in [-0.3, -0.25) is 4.79 Å². The van der Waals surface area contributed by atoms with Crippen molar-refractivity contribution in [2.75, 3.05) is 5.75 Å². The summed E-state index contributed by atoms with van der Waals surface area (Å²) < 4.78 is 12.8. The highest BCUT2D eigenvalue weighted by molar-refractivity contribution is 7.99. The fourth-order valence-electron chi connectivity index (χ4n) is 1.94. The lowest BCUT2D eigenvalue weighted by atomic mass is 10.3. The van der Waals surface area contributed by atoms with E-state index in [0.717, 1.165) is 11.6 Å². The third-order valence-corrected chi connectivity index (χ3v) is 3.85. The number of thioether (sulfide) groups is 1. The maximum atomic E-state index is 11.6. The highest BCUT2D eigenvalue weighted by Crippen LogP contribution is 2.19. The molecule has 23 heavy (non-hydrogen) atoms. The Morgan fingerprint density at radius 1 is 1.26 bits per heavy atom. The van der Waals surface area contributed by atoms with Crippen LogP contribution in [0.5, 0.6) is 5.75 Å². The van der Waals surface area contributed by atoms with E-state index in [9.17, 15) is 4.79 Å². The van der Waals surface area contributed by atoms with Crippen molar-refractivity contribution in [3.8, 4) is 5.75 Å². The predicted octanol–water partition coefficient (Wildman–Crippen LogP) is 2.92. The molecule has 0 radical (unpaired) electrons. The number of esters is 1. The predicted molar refractivity (Wildman–Crippen MR) is 88.4 cm³/mol. The van der Waals surface area contributed by atoms with E-state index >= 15 is 0 Å². The smallest absolute Gasteiger partial charge is 0.316 e. The summed E-state index contributed by atoms with van der Waals surface area (Å²) in [5.41, 5.74) is 0. The van der Waals surface area contributed by atoms with Crippen molar-refractivity contribution in [2.45, 2.75) is 45.2 Å². The number of benzene rings is 1. The van der Waals surface area contributed by atoms with Gasteiger partial charge in [-0.25, -0.2) is 0 Å². The lowest BCUT2D eigenvalue weighted by molar-refractivity contribution is -0.144. The van der Waals surface area contributed by atoms with Crippen molar-refractivity contribution in [2.24, 2.45) is 0 Å². The molecule has 1 heterocycles. The van der Waals surface area contributed by atoms with Crippen LogP contribution in [0.25, 0.3) is 0 Å². The van der Waals surface area contributed by atoms with Gasteiger partial charge in [-0.1, -0.05) is 30.0 Å². The Morgan fingerprint density at radius 2 is 2.00 bits per heavy atom. The molecule has 0 bridgehead atoms. The Kier molecular flexibility index (Phi) is 6.46. The SMILES string of the molecule is CCn1c(COc2ccccc2)nnc1SCC(=O)OC(C)C. The Bertz CT molecular complexity index is 629.